The number of carbonyl (C=O) groups excluding carboxylic acids is 2. The highest BCUT2D eigenvalue weighted by Gasteiger charge is 2.23. The Morgan fingerprint density at radius 2 is 2.00 bits per heavy atom. The summed E-state index contributed by atoms with van der Waals surface area (Å²) in [5, 5.41) is 17.2. The van der Waals surface area contributed by atoms with E-state index in [1.165, 1.54) is 41.0 Å². The zero-order chi connectivity index (χ0) is 21.8. The minimum absolute atomic E-state index is 0.0358. The van der Waals surface area contributed by atoms with Crippen LogP contribution in [0.4, 0.5) is 10.1 Å². The van der Waals surface area contributed by atoms with Crippen LogP contribution in [-0.2, 0) is 7.05 Å². The summed E-state index contributed by atoms with van der Waals surface area (Å²) >= 11 is 5.94. The van der Waals surface area contributed by atoms with Crippen molar-refractivity contribution in [2.24, 2.45) is 7.05 Å². The van der Waals surface area contributed by atoms with Gasteiger partial charge in [-0.1, -0.05) is 29.8 Å². The first kappa shape index (κ1) is 21.5. The maximum atomic E-state index is 14.5. The van der Waals surface area contributed by atoms with Crippen molar-refractivity contribution < 1.29 is 19.1 Å². The first-order valence-electron chi connectivity index (χ1n) is 9.04. The number of para-hydroxylation sites is 1. The fourth-order valence-electron chi connectivity index (χ4n) is 2.97. The van der Waals surface area contributed by atoms with Crippen LogP contribution in [0, 0.1) is 5.82 Å². The Morgan fingerprint density at radius 3 is 2.67 bits per heavy atom. The quantitative estimate of drug-likeness (QED) is 0.628. The fraction of sp³-hybridized carbons (Fsp3) is 0.190. The van der Waals surface area contributed by atoms with Crippen LogP contribution >= 0.6 is 11.6 Å². The Morgan fingerprint density at radius 1 is 1.27 bits per heavy atom. The molecule has 0 radical (unpaired) electrons. The maximum absolute atomic E-state index is 14.5. The number of carbonyl (C=O) groups is 2. The minimum atomic E-state index is -0.987. The molecule has 0 bridgehead atoms. The summed E-state index contributed by atoms with van der Waals surface area (Å²) in [5.74, 6) is -1.91. The van der Waals surface area contributed by atoms with Gasteiger partial charge in [0.1, 0.15) is 11.5 Å². The van der Waals surface area contributed by atoms with Gasteiger partial charge in [-0.05, 0) is 35.9 Å². The molecule has 0 aliphatic heterocycles. The summed E-state index contributed by atoms with van der Waals surface area (Å²) in [6, 6.07) is 12.1. The molecule has 1 unspecified atom stereocenters. The summed E-state index contributed by atoms with van der Waals surface area (Å²) in [7, 11) is 3.06. The molecule has 0 fully saturated rings. The SMILES string of the molecule is CN(CC(O)c1cccc(Cl)c1)C(=O)c1cccc(F)c1NC(=O)c1ccnn1C. The highest BCUT2D eigenvalue weighted by atomic mass is 35.5. The van der Waals surface area contributed by atoms with E-state index in [-0.39, 0.29) is 23.5 Å². The van der Waals surface area contributed by atoms with Crippen molar-refractivity contribution in [3.63, 3.8) is 0 Å². The molecular formula is C21H20ClFN4O3. The molecule has 0 spiro atoms. The Balaban J connectivity index is 1.81. The van der Waals surface area contributed by atoms with E-state index in [2.05, 4.69) is 10.4 Å². The molecule has 2 amide bonds. The molecule has 9 heteroatoms. The predicted molar refractivity (Wildman–Crippen MR) is 111 cm³/mol. The molecule has 156 valence electrons. The van der Waals surface area contributed by atoms with Gasteiger partial charge in [0.05, 0.1) is 23.9 Å². The van der Waals surface area contributed by atoms with Crippen molar-refractivity contribution >= 4 is 29.1 Å². The molecule has 7 nitrogen and oxygen atoms in total. The van der Waals surface area contributed by atoms with Crippen LogP contribution in [0.2, 0.25) is 5.02 Å². The van der Waals surface area contributed by atoms with E-state index in [0.717, 1.165) is 6.07 Å². The molecule has 2 aromatic carbocycles. The summed E-state index contributed by atoms with van der Waals surface area (Å²) in [4.78, 5) is 26.7. The van der Waals surface area contributed by atoms with Crippen LogP contribution in [0.1, 0.15) is 32.5 Å². The van der Waals surface area contributed by atoms with Gasteiger partial charge in [0.15, 0.2) is 0 Å². The highest BCUT2D eigenvalue weighted by molar-refractivity contribution is 6.30. The average molecular weight is 431 g/mol. The number of aliphatic hydroxyl groups excluding tert-OH is 1. The second-order valence-corrected chi connectivity index (χ2v) is 7.15. The van der Waals surface area contributed by atoms with Crippen LogP contribution in [0.3, 0.4) is 0 Å². The largest absolute Gasteiger partial charge is 0.387 e. The molecule has 0 aliphatic rings. The summed E-state index contributed by atoms with van der Waals surface area (Å²) in [6.45, 7) is -0.0508. The summed E-state index contributed by atoms with van der Waals surface area (Å²) in [6.07, 6.45) is 0.451. The van der Waals surface area contributed by atoms with Gasteiger partial charge in [-0.2, -0.15) is 5.10 Å². The van der Waals surface area contributed by atoms with Crippen molar-refractivity contribution in [2.75, 3.05) is 18.9 Å². The third kappa shape index (κ3) is 4.67. The van der Waals surface area contributed by atoms with E-state index in [4.69, 9.17) is 11.6 Å². The van der Waals surface area contributed by atoms with Crippen LogP contribution in [-0.4, -0.2) is 45.2 Å². The van der Waals surface area contributed by atoms with Gasteiger partial charge in [-0.15, -0.1) is 0 Å². The molecule has 30 heavy (non-hydrogen) atoms. The fourth-order valence-corrected chi connectivity index (χ4v) is 3.17. The molecule has 0 saturated heterocycles. The zero-order valence-electron chi connectivity index (χ0n) is 16.3. The van der Waals surface area contributed by atoms with Gasteiger partial charge in [0, 0.05) is 25.3 Å². The number of nitrogens with zero attached hydrogens (tertiary/aromatic N) is 3. The first-order chi connectivity index (χ1) is 14.3. The monoisotopic (exact) mass is 430 g/mol. The second-order valence-electron chi connectivity index (χ2n) is 6.71. The number of likely N-dealkylation sites (N-methyl/N-ethyl adjacent to an activating group) is 1. The third-order valence-corrected chi connectivity index (χ3v) is 4.80. The van der Waals surface area contributed by atoms with E-state index in [1.54, 1.807) is 31.3 Å². The normalized spacial score (nSPS) is 11.8. The lowest BCUT2D eigenvalue weighted by molar-refractivity contribution is 0.0681. The number of rotatable bonds is 6. The Bertz CT molecular complexity index is 1090. The lowest BCUT2D eigenvalue weighted by atomic mass is 10.1. The van der Waals surface area contributed by atoms with Gasteiger partial charge in [0.2, 0.25) is 0 Å². The van der Waals surface area contributed by atoms with E-state index < -0.39 is 23.7 Å². The molecule has 1 atom stereocenters. The van der Waals surface area contributed by atoms with Gasteiger partial charge in [-0.3, -0.25) is 14.3 Å². The molecule has 0 saturated carbocycles. The van der Waals surface area contributed by atoms with Crippen molar-refractivity contribution in [3.8, 4) is 0 Å². The van der Waals surface area contributed by atoms with Crippen LogP contribution in [0.15, 0.2) is 54.7 Å². The lowest BCUT2D eigenvalue weighted by Crippen LogP contribution is -2.32. The van der Waals surface area contributed by atoms with Crippen LogP contribution < -0.4 is 5.32 Å². The summed E-state index contributed by atoms with van der Waals surface area (Å²) < 4.78 is 15.8. The number of hydrogen-bond donors (Lipinski definition) is 2. The number of hydrogen-bond acceptors (Lipinski definition) is 4. The Kier molecular flexibility index (Phi) is 6.49. The summed E-state index contributed by atoms with van der Waals surface area (Å²) in [5.41, 5.74) is 0.483. The topological polar surface area (TPSA) is 87.5 Å². The van der Waals surface area contributed by atoms with Crippen molar-refractivity contribution in [1.82, 2.24) is 14.7 Å². The number of anilines is 1. The number of halogens is 2. The van der Waals surface area contributed by atoms with E-state index in [9.17, 15) is 19.1 Å². The van der Waals surface area contributed by atoms with E-state index in [1.807, 2.05) is 0 Å². The molecule has 3 aromatic rings. The lowest BCUT2D eigenvalue weighted by Gasteiger charge is -2.22. The highest BCUT2D eigenvalue weighted by Crippen LogP contribution is 2.24. The van der Waals surface area contributed by atoms with Crippen molar-refractivity contribution in [2.45, 2.75) is 6.10 Å². The third-order valence-electron chi connectivity index (χ3n) is 4.56. The van der Waals surface area contributed by atoms with Crippen LogP contribution in [0.25, 0.3) is 0 Å². The molecule has 1 heterocycles. The van der Waals surface area contributed by atoms with E-state index in [0.29, 0.717) is 10.6 Å². The van der Waals surface area contributed by atoms with Crippen LogP contribution in [0.5, 0.6) is 0 Å². The van der Waals surface area contributed by atoms with Gasteiger partial charge >= 0.3 is 0 Å². The Hall–Kier alpha value is -3.23. The number of nitrogens with one attached hydrogen (secondary N) is 1. The van der Waals surface area contributed by atoms with Gasteiger partial charge in [-0.25, -0.2) is 4.39 Å². The maximum Gasteiger partial charge on any atom is 0.274 e. The number of aliphatic hydroxyl groups is 1. The first-order valence-corrected chi connectivity index (χ1v) is 9.42. The average Bonchev–Trinajstić information content (AvgIpc) is 3.14. The second kappa shape index (κ2) is 9.06. The van der Waals surface area contributed by atoms with Crippen molar-refractivity contribution in [3.05, 3.63) is 82.4 Å². The minimum Gasteiger partial charge on any atom is -0.387 e. The Labute approximate surface area is 177 Å². The van der Waals surface area contributed by atoms with Crippen molar-refractivity contribution in [1.29, 1.82) is 0 Å². The number of aromatic nitrogens is 2. The molecular weight excluding hydrogens is 411 g/mol. The van der Waals surface area contributed by atoms with Gasteiger partial charge in [0.25, 0.3) is 11.8 Å². The molecule has 1 aromatic heterocycles. The number of aryl methyl sites for hydroxylation is 1. The molecule has 3 rings (SSSR count). The van der Waals surface area contributed by atoms with Gasteiger partial charge < -0.3 is 15.3 Å². The van der Waals surface area contributed by atoms with E-state index >= 15 is 0 Å². The smallest absolute Gasteiger partial charge is 0.274 e. The predicted octanol–water partition coefficient (Wildman–Crippen LogP) is 3.27. The molecule has 0 aliphatic carbocycles. The number of amides is 2. The molecule has 2 N–H and O–H groups in total. The standard InChI is InChI=1S/C21H20ClFN4O3/c1-26(12-18(28)13-5-3-6-14(22)11-13)21(30)15-7-4-8-16(23)19(15)25-20(29)17-9-10-24-27(17)2/h3-11,18,28H,12H2,1-2H3,(H,25,29). The number of benzene rings is 2. The zero-order valence-corrected chi connectivity index (χ0v) is 17.1.